The molecule has 1 nitrogen and oxygen atoms in total. The van der Waals surface area contributed by atoms with Crippen LogP contribution in [-0.4, -0.2) is 0 Å². The van der Waals surface area contributed by atoms with Crippen LogP contribution in [0, 0.1) is 11.2 Å². The quantitative estimate of drug-likeness (QED) is 0.356. The minimum absolute atomic E-state index is 0.0592. The number of benzene rings is 3. The Kier molecular flexibility index (Phi) is 6.51. The van der Waals surface area contributed by atoms with E-state index in [0.717, 1.165) is 23.6 Å². The summed E-state index contributed by atoms with van der Waals surface area (Å²) in [6.45, 7) is 8.26. The lowest BCUT2D eigenvalue weighted by atomic mass is 9.72. The minimum atomic E-state index is -0.647. The lowest BCUT2D eigenvalue weighted by Gasteiger charge is -2.33. The summed E-state index contributed by atoms with van der Waals surface area (Å²) < 4.78 is 35.9. The summed E-state index contributed by atoms with van der Waals surface area (Å²) in [6.07, 6.45) is 7.13. The Bertz CT molecular complexity index is 1270. The van der Waals surface area contributed by atoms with Gasteiger partial charge in [0.15, 0.2) is 0 Å². The maximum atomic E-state index is 15.1. The van der Waals surface area contributed by atoms with E-state index < -0.39 is 11.6 Å². The van der Waals surface area contributed by atoms with Gasteiger partial charge in [-0.25, -0.2) is 8.78 Å². The van der Waals surface area contributed by atoms with E-state index in [1.165, 1.54) is 29.7 Å². The second-order valence-corrected chi connectivity index (χ2v) is 9.48. The zero-order valence-corrected chi connectivity index (χ0v) is 19.7. The molecule has 0 heterocycles. The Morgan fingerprint density at radius 2 is 1.79 bits per heavy atom. The number of hydrogen-bond acceptors (Lipinski definition) is 1. The summed E-state index contributed by atoms with van der Waals surface area (Å²) in [5.74, 6) is -0.244. The molecule has 0 saturated heterocycles. The van der Waals surface area contributed by atoms with E-state index >= 15 is 4.39 Å². The Morgan fingerprint density at radius 3 is 2.55 bits per heavy atom. The van der Waals surface area contributed by atoms with Gasteiger partial charge in [0.05, 0.1) is 0 Å². The van der Waals surface area contributed by atoms with Crippen LogP contribution in [0.1, 0.15) is 52.5 Å². The van der Waals surface area contributed by atoms with E-state index in [-0.39, 0.29) is 11.0 Å². The Balaban J connectivity index is 1.59. The number of fused-ring (bicyclic) bond motifs is 1. The van der Waals surface area contributed by atoms with Crippen LogP contribution in [-0.2, 0) is 0 Å². The van der Waals surface area contributed by atoms with Gasteiger partial charge < -0.3 is 4.74 Å². The van der Waals surface area contributed by atoms with E-state index in [0.29, 0.717) is 17.1 Å². The van der Waals surface area contributed by atoms with Gasteiger partial charge in [-0.05, 0) is 73.3 Å². The average Bonchev–Trinajstić information content (AvgIpc) is 2.78. The number of halogens is 2. The highest BCUT2D eigenvalue weighted by Gasteiger charge is 2.26. The topological polar surface area (TPSA) is 9.23 Å². The molecular weight excluding hydrogens is 414 g/mol. The summed E-state index contributed by atoms with van der Waals surface area (Å²) in [5.41, 5.74) is 3.01. The molecule has 0 fully saturated rings. The van der Waals surface area contributed by atoms with Crippen molar-refractivity contribution in [3.8, 4) is 11.5 Å². The molecule has 0 bridgehead atoms. The normalized spacial score (nSPS) is 16.9. The summed E-state index contributed by atoms with van der Waals surface area (Å²) >= 11 is 0. The van der Waals surface area contributed by atoms with Crippen molar-refractivity contribution in [2.24, 2.45) is 5.41 Å². The van der Waals surface area contributed by atoms with E-state index in [9.17, 15) is 4.39 Å². The summed E-state index contributed by atoms with van der Waals surface area (Å²) in [4.78, 5) is 0. The fourth-order valence-electron chi connectivity index (χ4n) is 4.65. The molecule has 4 rings (SSSR count). The molecule has 1 aliphatic rings. The zero-order valence-electron chi connectivity index (χ0n) is 19.7. The van der Waals surface area contributed by atoms with Crippen LogP contribution in [0.4, 0.5) is 8.78 Å². The predicted molar refractivity (Wildman–Crippen MR) is 134 cm³/mol. The highest BCUT2D eigenvalue weighted by Crippen LogP contribution is 2.41. The van der Waals surface area contributed by atoms with Gasteiger partial charge in [-0.3, -0.25) is 0 Å². The SMILES string of the molecule is CC1=C(/C=C/C(C)=C(\F)c2ccc(Oc3cccc4ccccc34)cc2F)C(C)(C)CCC1. The first kappa shape index (κ1) is 23.0. The third-order valence-electron chi connectivity index (χ3n) is 6.54. The number of hydrogen-bond donors (Lipinski definition) is 0. The Labute approximate surface area is 195 Å². The van der Waals surface area contributed by atoms with Gasteiger partial charge in [0, 0.05) is 17.0 Å². The molecule has 3 aromatic rings. The number of ether oxygens (including phenoxy) is 1. The van der Waals surface area contributed by atoms with E-state index in [4.69, 9.17) is 4.74 Å². The van der Waals surface area contributed by atoms with E-state index in [1.807, 2.05) is 48.5 Å². The molecule has 0 aromatic heterocycles. The van der Waals surface area contributed by atoms with Gasteiger partial charge in [0.2, 0.25) is 0 Å². The van der Waals surface area contributed by atoms with Crippen LogP contribution >= 0.6 is 0 Å². The van der Waals surface area contributed by atoms with Crippen LogP contribution < -0.4 is 4.74 Å². The predicted octanol–water partition coefficient (Wildman–Crippen LogP) is 9.55. The summed E-state index contributed by atoms with van der Waals surface area (Å²) in [7, 11) is 0. The molecule has 0 unspecified atom stereocenters. The summed E-state index contributed by atoms with van der Waals surface area (Å²) in [5, 5.41) is 1.97. The monoisotopic (exact) mass is 444 g/mol. The van der Waals surface area contributed by atoms with Gasteiger partial charge in [-0.15, -0.1) is 0 Å². The fourth-order valence-corrected chi connectivity index (χ4v) is 4.65. The van der Waals surface area contributed by atoms with Gasteiger partial charge >= 0.3 is 0 Å². The van der Waals surface area contributed by atoms with Crippen LogP contribution in [0.25, 0.3) is 16.6 Å². The molecule has 0 radical (unpaired) electrons. The third kappa shape index (κ3) is 4.93. The zero-order chi connectivity index (χ0) is 23.6. The molecule has 0 saturated carbocycles. The van der Waals surface area contributed by atoms with Crippen molar-refractivity contribution in [2.75, 3.05) is 0 Å². The summed E-state index contributed by atoms with van der Waals surface area (Å²) in [6, 6.07) is 17.9. The maximum Gasteiger partial charge on any atom is 0.137 e. The lowest BCUT2D eigenvalue weighted by molar-refractivity contribution is 0.377. The fraction of sp³-hybridized carbons (Fsp3) is 0.267. The molecule has 1 aliphatic carbocycles. The molecule has 3 heteroatoms. The highest BCUT2D eigenvalue weighted by molar-refractivity contribution is 5.88. The molecule has 170 valence electrons. The molecule has 3 aromatic carbocycles. The van der Waals surface area contributed by atoms with Crippen molar-refractivity contribution in [1.29, 1.82) is 0 Å². The van der Waals surface area contributed by atoms with Gasteiger partial charge in [-0.2, -0.15) is 0 Å². The Morgan fingerprint density at radius 1 is 1.03 bits per heavy atom. The van der Waals surface area contributed by atoms with Gasteiger partial charge in [0.1, 0.15) is 23.1 Å². The van der Waals surface area contributed by atoms with Crippen molar-refractivity contribution < 1.29 is 13.5 Å². The van der Waals surface area contributed by atoms with Crippen LogP contribution in [0.5, 0.6) is 11.5 Å². The Hall–Kier alpha value is -3.20. The van der Waals surface area contributed by atoms with Crippen LogP contribution in [0.3, 0.4) is 0 Å². The molecular formula is C30H30F2O. The number of allylic oxidation sites excluding steroid dienone is 5. The van der Waals surface area contributed by atoms with Crippen molar-refractivity contribution >= 4 is 16.6 Å². The average molecular weight is 445 g/mol. The maximum absolute atomic E-state index is 15.1. The lowest BCUT2D eigenvalue weighted by Crippen LogP contribution is -2.19. The van der Waals surface area contributed by atoms with E-state index in [1.54, 1.807) is 19.1 Å². The molecule has 0 spiro atoms. The highest BCUT2D eigenvalue weighted by atomic mass is 19.1. The molecule has 0 N–H and O–H groups in total. The standard InChI is InChI=1S/C30H30F2O/c1-20-9-8-18-30(3,4)26(20)17-14-21(2)29(32)25-16-15-23(19-27(25)31)33-28-13-7-11-22-10-5-6-12-24(22)28/h5-7,10-17,19H,8-9,18H2,1-4H3/b17-14+,29-21-. The molecule has 0 amide bonds. The second-order valence-electron chi connectivity index (χ2n) is 9.48. The second kappa shape index (κ2) is 9.35. The van der Waals surface area contributed by atoms with Crippen molar-refractivity contribution in [1.82, 2.24) is 0 Å². The smallest absolute Gasteiger partial charge is 0.137 e. The van der Waals surface area contributed by atoms with Crippen molar-refractivity contribution in [2.45, 2.75) is 47.0 Å². The first-order chi connectivity index (χ1) is 15.8. The molecule has 0 atom stereocenters. The number of rotatable bonds is 5. The van der Waals surface area contributed by atoms with Crippen LogP contribution in [0.15, 0.2) is 89.5 Å². The molecule has 0 aliphatic heterocycles. The first-order valence-electron chi connectivity index (χ1n) is 11.5. The van der Waals surface area contributed by atoms with Crippen molar-refractivity contribution in [3.05, 3.63) is 101 Å². The van der Waals surface area contributed by atoms with E-state index in [2.05, 4.69) is 20.8 Å². The van der Waals surface area contributed by atoms with Crippen LogP contribution in [0.2, 0.25) is 0 Å². The van der Waals surface area contributed by atoms with Crippen molar-refractivity contribution in [3.63, 3.8) is 0 Å². The first-order valence-corrected chi connectivity index (χ1v) is 11.5. The minimum Gasteiger partial charge on any atom is -0.457 e. The van der Waals surface area contributed by atoms with Gasteiger partial charge in [0.25, 0.3) is 0 Å². The largest absolute Gasteiger partial charge is 0.457 e. The third-order valence-corrected chi connectivity index (χ3v) is 6.54. The molecule has 33 heavy (non-hydrogen) atoms. The van der Waals surface area contributed by atoms with Gasteiger partial charge in [-0.1, -0.05) is 68.0 Å².